The fraction of sp³-hybridized carbons (Fsp3) is 0.286. The van der Waals surface area contributed by atoms with Gasteiger partial charge in [-0.25, -0.2) is 4.98 Å². The van der Waals surface area contributed by atoms with Gasteiger partial charge in [-0.2, -0.15) is 0 Å². The number of hydrogen-bond acceptors (Lipinski definition) is 4. The molecule has 100 valence electrons. The topological polar surface area (TPSA) is 51.2 Å². The first-order valence-electron chi connectivity index (χ1n) is 6.00. The standard InChI is InChI=1S/C14H16N2O2S/c1-9(2)10-4-5-12(18-3)11(8-10)13(17)16-14-15-6-7-19-14/h4-9H,1-3H3,(H,15,16,17). The predicted octanol–water partition coefficient (Wildman–Crippen LogP) is 3.53. The number of anilines is 1. The molecule has 0 unspecified atom stereocenters. The van der Waals surface area contributed by atoms with Crippen LogP contribution >= 0.6 is 11.3 Å². The van der Waals surface area contributed by atoms with E-state index in [1.54, 1.807) is 13.3 Å². The molecule has 0 bridgehead atoms. The molecule has 0 saturated heterocycles. The lowest BCUT2D eigenvalue weighted by atomic mass is 10.00. The highest BCUT2D eigenvalue weighted by Gasteiger charge is 2.15. The summed E-state index contributed by atoms with van der Waals surface area (Å²) in [6.07, 6.45) is 1.65. The van der Waals surface area contributed by atoms with Crippen LogP contribution in [0, 0.1) is 0 Å². The van der Waals surface area contributed by atoms with Crippen LogP contribution in [0.25, 0.3) is 0 Å². The number of nitrogens with zero attached hydrogens (tertiary/aromatic N) is 1. The summed E-state index contributed by atoms with van der Waals surface area (Å²) in [5.74, 6) is 0.727. The molecule has 1 heterocycles. The van der Waals surface area contributed by atoms with Gasteiger partial charge < -0.3 is 4.74 Å². The van der Waals surface area contributed by atoms with E-state index in [1.807, 2.05) is 23.6 Å². The molecule has 1 aromatic carbocycles. The summed E-state index contributed by atoms with van der Waals surface area (Å²) in [6, 6.07) is 5.67. The summed E-state index contributed by atoms with van der Waals surface area (Å²) in [6.45, 7) is 4.18. The molecule has 0 spiro atoms. The number of nitrogens with one attached hydrogen (secondary N) is 1. The molecule has 0 aliphatic carbocycles. The van der Waals surface area contributed by atoms with Crippen LogP contribution in [0.3, 0.4) is 0 Å². The number of methoxy groups -OCH3 is 1. The molecule has 1 N–H and O–H groups in total. The Balaban J connectivity index is 2.30. The van der Waals surface area contributed by atoms with E-state index in [9.17, 15) is 4.79 Å². The average molecular weight is 276 g/mol. The summed E-state index contributed by atoms with van der Waals surface area (Å²) >= 11 is 1.39. The van der Waals surface area contributed by atoms with Crippen molar-refractivity contribution < 1.29 is 9.53 Å². The number of aromatic nitrogens is 1. The van der Waals surface area contributed by atoms with E-state index in [2.05, 4.69) is 24.1 Å². The molecule has 4 nitrogen and oxygen atoms in total. The van der Waals surface area contributed by atoms with Gasteiger partial charge in [0.05, 0.1) is 12.7 Å². The van der Waals surface area contributed by atoms with Gasteiger partial charge in [-0.05, 0) is 23.6 Å². The van der Waals surface area contributed by atoms with Crippen LogP contribution in [-0.2, 0) is 0 Å². The second-order valence-corrected chi connectivity index (χ2v) is 5.30. The van der Waals surface area contributed by atoms with Gasteiger partial charge in [0.1, 0.15) is 5.75 Å². The molecule has 1 amide bonds. The highest BCUT2D eigenvalue weighted by molar-refractivity contribution is 7.13. The van der Waals surface area contributed by atoms with Crippen LogP contribution in [0.2, 0.25) is 0 Å². The molecule has 0 atom stereocenters. The number of carbonyl (C=O) groups excluding carboxylic acids is 1. The molecule has 2 rings (SSSR count). The van der Waals surface area contributed by atoms with Crippen LogP contribution in [0.1, 0.15) is 35.7 Å². The molecule has 0 aliphatic rings. The Morgan fingerprint density at radius 1 is 1.42 bits per heavy atom. The first kappa shape index (κ1) is 13.5. The van der Waals surface area contributed by atoms with Crippen molar-refractivity contribution in [3.05, 3.63) is 40.9 Å². The minimum atomic E-state index is -0.200. The molecular formula is C14H16N2O2S. The lowest BCUT2D eigenvalue weighted by molar-refractivity contribution is 0.102. The van der Waals surface area contributed by atoms with Gasteiger partial charge in [0.25, 0.3) is 5.91 Å². The Morgan fingerprint density at radius 3 is 2.79 bits per heavy atom. The average Bonchev–Trinajstić information content (AvgIpc) is 2.90. The molecule has 2 aromatic rings. The molecule has 0 fully saturated rings. The van der Waals surface area contributed by atoms with Crippen molar-refractivity contribution in [3.63, 3.8) is 0 Å². The second-order valence-electron chi connectivity index (χ2n) is 4.41. The summed E-state index contributed by atoms with van der Waals surface area (Å²) in [7, 11) is 1.56. The Kier molecular flexibility index (Phi) is 4.16. The van der Waals surface area contributed by atoms with Crippen LogP contribution in [0.5, 0.6) is 5.75 Å². The van der Waals surface area contributed by atoms with Crippen molar-refractivity contribution in [1.29, 1.82) is 0 Å². The maximum atomic E-state index is 12.2. The van der Waals surface area contributed by atoms with Gasteiger partial charge in [-0.15, -0.1) is 11.3 Å². The number of ether oxygens (including phenoxy) is 1. The monoisotopic (exact) mass is 276 g/mol. The highest BCUT2D eigenvalue weighted by Crippen LogP contribution is 2.25. The summed E-state index contributed by atoms with van der Waals surface area (Å²) in [5.41, 5.74) is 1.63. The lowest BCUT2D eigenvalue weighted by Crippen LogP contribution is -2.13. The minimum absolute atomic E-state index is 0.200. The molecule has 0 saturated carbocycles. The Labute approximate surface area is 116 Å². The van der Waals surface area contributed by atoms with Crippen LogP contribution in [0.4, 0.5) is 5.13 Å². The van der Waals surface area contributed by atoms with Gasteiger partial charge in [-0.3, -0.25) is 10.1 Å². The van der Waals surface area contributed by atoms with Crippen molar-refractivity contribution in [2.24, 2.45) is 0 Å². The first-order chi connectivity index (χ1) is 9.11. The summed E-state index contributed by atoms with van der Waals surface area (Å²) in [5, 5.41) is 5.17. The van der Waals surface area contributed by atoms with E-state index < -0.39 is 0 Å². The van der Waals surface area contributed by atoms with E-state index in [4.69, 9.17) is 4.74 Å². The van der Waals surface area contributed by atoms with Crippen molar-refractivity contribution >= 4 is 22.4 Å². The molecule has 5 heteroatoms. The molecule has 0 aliphatic heterocycles. The predicted molar refractivity (Wildman–Crippen MR) is 77.2 cm³/mol. The number of amides is 1. The second kappa shape index (κ2) is 5.84. The molecular weight excluding hydrogens is 260 g/mol. The van der Waals surface area contributed by atoms with Crippen molar-refractivity contribution in [1.82, 2.24) is 4.98 Å². The number of benzene rings is 1. The van der Waals surface area contributed by atoms with Gasteiger partial charge in [0.15, 0.2) is 5.13 Å². The number of carbonyl (C=O) groups is 1. The molecule has 19 heavy (non-hydrogen) atoms. The van der Waals surface area contributed by atoms with Crippen molar-refractivity contribution in [2.75, 3.05) is 12.4 Å². The molecule has 0 radical (unpaired) electrons. The third kappa shape index (κ3) is 3.12. The summed E-state index contributed by atoms with van der Waals surface area (Å²) < 4.78 is 5.24. The normalized spacial score (nSPS) is 10.5. The Bertz CT molecular complexity index is 565. The fourth-order valence-electron chi connectivity index (χ4n) is 1.71. The van der Waals surface area contributed by atoms with E-state index in [0.29, 0.717) is 22.4 Å². The maximum absolute atomic E-state index is 12.2. The van der Waals surface area contributed by atoms with Gasteiger partial charge >= 0.3 is 0 Å². The largest absolute Gasteiger partial charge is 0.496 e. The number of hydrogen-bond donors (Lipinski definition) is 1. The SMILES string of the molecule is COc1ccc(C(C)C)cc1C(=O)Nc1nccs1. The number of thiazole rings is 1. The summed E-state index contributed by atoms with van der Waals surface area (Å²) in [4.78, 5) is 16.3. The van der Waals surface area contributed by atoms with E-state index in [-0.39, 0.29) is 5.91 Å². The lowest BCUT2D eigenvalue weighted by Gasteiger charge is -2.12. The number of rotatable bonds is 4. The van der Waals surface area contributed by atoms with Gasteiger partial charge in [-0.1, -0.05) is 19.9 Å². The van der Waals surface area contributed by atoms with Gasteiger partial charge in [0, 0.05) is 11.6 Å². The quantitative estimate of drug-likeness (QED) is 0.929. The van der Waals surface area contributed by atoms with E-state index in [0.717, 1.165) is 5.56 Å². The van der Waals surface area contributed by atoms with E-state index >= 15 is 0 Å². The van der Waals surface area contributed by atoms with Gasteiger partial charge in [0.2, 0.25) is 0 Å². The van der Waals surface area contributed by atoms with E-state index in [1.165, 1.54) is 11.3 Å². The zero-order valence-electron chi connectivity index (χ0n) is 11.1. The zero-order chi connectivity index (χ0) is 13.8. The fourth-order valence-corrected chi connectivity index (χ4v) is 2.24. The van der Waals surface area contributed by atoms with Crippen LogP contribution in [-0.4, -0.2) is 18.0 Å². The zero-order valence-corrected chi connectivity index (χ0v) is 12.0. The Hall–Kier alpha value is -1.88. The maximum Gasteiger partial charge on any atom is 0.261 e. The third-order valence-electron chi connectivity index (χ3n) is 2.79. The van der Waals surface area contributed by atoms with Crippen molar-refractivity contribution in [3.8, 4) is 5.75 Å². The molecule has 1 aromatic heterocycles. The van der Waals surface area contributed by atoms with Crippen molar-refractivity contribution in [2.45, 2.75) is 19.8 Å². The minimum Gasteiger partial charge on any atom is -0.496 e. The van der Waals surface area contributed by atoms with Crippen LogP contribution in [0.15, 0.2) is 29.8 Å². The Morgan fingerprint density at radius 2 is 2.21 bits per heavy atom. The smallest absolute Gasteiger partial charge is 0.261 e. The van der Waals surface area contributed by atoms with Crippen LogP contribution < -0.4 is 10.1 Å². The first-order valence-corrected chi connectivity index (χ1v) is 6.88. The highest BCUT2D eigenvalue weighted by atomic mass is 32.1. The third-order valence-corrected chi connectivity index (χ3v) is 3.48.